The monoisotopic (exact) mass is 420 g/mol. The topological polar surface area (TPSA) is 90.9 Å². The fourth-order valence-corrected chi connectivity index (χ4v) is 4.31. The van der Waals surface area contributed by atoms with Crippen LogP contribution in [0.4, 0.5) is 10.3 Å². The normalized spacial score (nSPS) is 16.9. The van der Waals surface area contributed by atoms with E-state index in [1.807, 2.05) is 4.57 Å². The van der Waals surface area contributed by atoms with Crippen LogP contribution in [0.2, 0.25) is 0 Å². The summed E-state index contributed by atoms with van der Waals surface area (Å²) < 4.78 is 15.3. The highest BCUT2D eigenvalue weighted by Crippen LogP contribution is 2.43. The Labute approximate surface area is 180 Å². The van der Waals surface area contributed by atoms with Crippen molar-refractivity contribution in [3.63, 3.8) is 0 Å². The van der Waals surface area contributed by atoms with Gasteiger partial charge in [-0.3, -0.25) is 10.1 Å². The third-order valence-electron chi connectivity index (χ3n) is 6.45. The van der Waals surface area contributed by atoms with E-state index in [4.69, 9.17) is 0 Å². The zero-order valence-electron chi connectivity index (χ0n) is 17.7. The standard InChI is InChI=1S/C24H25FN4O2/c1-23(15-30,17-5-7-18(25)8-6-17)13-21(31)28-22-27-19-9-4-16(14-26)12-20(19)29(22)24(2)10-3-11-24/h4-9,12,30H,3,10-11,13,15H2,1-2H3,(H,27,28,31)/t23-/m1/s1. The van der Waals surface area contributed by atoms with Gasteiger partial charge < -0.3 is 9.67 Å². The largest absolute Gasteiger partial charge is 0.395 e. The van der Waals surface area contributed by atoms with Gasteiger partial charge in [0.2, 0.25) is 11.9 Å². The second-order valence-corrected chi connectivity index (χ2v) is 8.89. The lowest BCUT2D eigenvalue weighted by Crippen LogP contribution is -2.39. The number of fused-ring (bicyclic) bond motifs is 1. The molecule has 0 saturated heterocycles. The molecule has 0 spiro atoms. The van der Waals surface area contributed by atoms with Crippen LogP contribution in [-0.4, -0.2) is 27.2 Å². The molecule has 1 aromatic heterocycles. The molecular formula is C24H25FN4O2. The number of anilines is 1. The number of hydrogen-bond donors (Lipinski definition) is 2. The van der Waals surface area contributed by atoms with E-state index < -0.39 is 5.41 Å². The molecule has 1 heterocycles. The van der Waals surface area contributed by atoms with Crippen LogP contribution in [0.15, 0.2) is 42.5 Å². The quantitative estimate of drug-likeness (QED) is 0.625. The summed E-state index contributed by atoms with van der Waals surface area (Å²) in [7, 11) is 0. The molecule has 2 N–H and O–H groups in total. The van der Waals surface area contributed by atoms with E-state index in [2.05, 4.69) is 23.3 Å². The number of aromatic nitrogens is 2. The van der Waals surface area contributed by atoms with Gasteiger partial charge >= 0.3 is 0 Å². The average molecular weight is 420 g/mol. The summed E-state index contributed by atoms with van der Waals surface area (Å²) in [6, 6.07) is 13.3. The Kier molecular flexibility index (Phi) is 5.28. The highest BCUT2D eigenvalue weighted by Gasteiger charge is 2.38. The SMILES string of the molecule is CC1(n2c(NC(=O)C[C@](C)(CO)c3ccc(F)cc3)nc3ccc(C#N)cc32)CCC1. The molecule has 6 nitrogen and oxygen atoms in total. The summed E-state index contributed by atoms with van der Waals surface area (Å²) >= 11 is 0. The molecular weight excluding hydrogens is 395 g/mol. The lowest BCUT2D eigenvalue weighted by Gasteiger charge is -2.41. The van der Waals surface area contributed by atoms with E-state index >= 15 is 0 Å². The Balaban J connectivity index is 1.66. The summed E-state index contributed by atoms with van der Waals surface area (Å²) in [4.78, 5) is 17.6. The van der Waals surface area contributed by atoms with E-state index in [-0.39, 0.29) is 30.3 Å². The van der Waals surface area contributed by atoms with Gasteiger partial charge in [0.05, 0.1) is 29.3 Å². The maximum absolute atomic E-state index is 13.3. The smallest absolute Gasteiger partial charge is 0.227 e. The zero-order chi connectivity index (χ0) is 22.2. The van der Waals surface area contributed by atoms with Crippen molar-refractivity contribution in [1.29, 1.82) is 5.26 Å². The van der Waals surface area contributed by atoms with Gasteiger partial charge in [0.25, 0.3) is 0 Å². The molecule has 0 unspecified atom stereocenters. The Bertz CT molecular complexity index is 1170. The predicted octanol–water partition coefficient (Wildman–Crippen LogP) is 4.22. The van der Waals surface area contributed by atoms with Crippen molar-refractivity contribution >= 4 is 22.9 Å². The summed E-state index contributed by atoms with van der Waals surface area (Å²) in [6.45, 7) is 3.64. The molecule has 4 rings (SSSR count). The average Bonchev–Trinajstić information content (AvgIpc) is 3.09. The lowest BCUT2D eigenvalue weighted by molar-refractivity contribution is -0.117. The first-order chi connectivity index (χ1) is 14.8. The number of aliphatic hydroxyl groups is 1. The molecule has 160 valence electrons. The van der Waals surface area contributed by atoms with Gasteiger partial charge in [-0.2, -0.15) is 5.26 Å². The van der Waals surface area contributed by atoms with Gasteiger partial charge in [0.15, 0.2) is 0 Å². The van der Waals surface area contributed by atoms with Crippen molar-refractivity contribution < 1.29 is 14.3 Å². The molecule has 7 heteroatoms. The molecule has 2 aromatic carbocycles. The maximum Gasteiger partial charge on any atom is 0.227 e. The number of imidazole rings is 1. The molecule has 0 aliphatic heterocycles. The van der Waals surface area contributed by atoms with Gasteiger partial charge in [-0.25, -0.2) is 9.37 Å². The number of amides is 1. The summed E-state index contributed by atoms with van der Waals surface area (Å²) in [5.74, 6) is -0.217. The summed E-state index contributed by atoms with van der Waals surface area (Å²) in [5, 5.41) is 22.2. The number of aliphatic hydroxyl groups excluding tert-OH is 1. The fraction of sp³-hybridized carbons (Fsp3) is 0.375. The minimum absolute atomic E-state index is 0.0124. The number of carbonyl (C=O) groups is 1. The van der Waals surface area contributed by atoms with E-state index in [1.54, 1.807) is 37.3 Å². The van der Waals surface area contributed by atoms with Gasteiger partial charge in [-0.15, -0.1) is 0 Å². The Morgan fingerprint density at radius 3 is 2.61 bits per heavy atom. The predicted molar refractivity (Wildman–Crippen MR) is 116 cm³/mol. The van der Waals surface area contributed by atoms with Crippen molar-refractivity contribution in [2.24, 2.45) is 0 Å². The van der Waals surface area contributed by atoms with Crippen molar-refractivity contribution in [2.45, 2.75) is 50.5 Å². The van der Waals surface area contributed by atoms with Crippen molar-refractivity contribution in [3.05, 3.63) is 59.4 Å². The van der Waals surface area contributed by atoms with Gasteiger partial charge in [-0.05, 0) is 62.1 Å². The summed E-state index contributed by atoms with van der Waals surface area (Å²) in [5.41, 5.74) is 1.72. The minimum Gasteiger partial charge on any atom is -0.395 e. The van der Waals surface area contributed by atoms with Crippen LogP contribution in [0.5, 0.6) is 0 Å². The summed E-state index contributed by atoms with van der Waals surface area (Å²) in [6.07, 6.45) is 3.03. The lowest BCUT2D eigenvalue weighted by atomic mass is 9.78. The second kappa shape index (κ2) is 7.78. The van der Waals surface area contributed by atoms with E-state index in [0.29, 0.717) is 22.6 Å². The first kappa shape index (κ1) is 21.0. The molecule has 1 aliphatic rings. The number of hydrogen-bond acceptors (Lipinski definition) is 4. The number of rotatable bonds is 6. The number of benzene rings is 2. The third-order valence-corrected chi connectivity index (χ3v) is 6.45. The first-order valence-electron chi connectivity index (χ1n) is 10.4. The molecule has 1 atom stereocenters. The van der Waals surface area contributed by atoms with Crippen LogP contribution in [0.1, 0.15) is 50.7 Å². The molecule has 1 saturated carbocycles. The van der Waals surface area contributed by atoms with Crippen LogP contribution in [0, 0.1) is 17.1 Å². The minimum atomic E-state index is -0.858. The third kappa shape index (κ3) is 3.79. The first-order valence-corrected chi connectivity index (χ1v) is 10.4. The number of carbonyl (C=O) groups excluding carboxylic acids is 1. The molecule has 1 amide bonds. The van der Waals surface area contributed by atoms with Crippen LogP contribution in [-0.2, 0) is 15.7 Å². The maximum atomic E-state index is 13.3. The number of halogens is 1. The number of nitriles is 1. The molecule has 3 aromatic rings. The number of nitrogens with one attached hydrogen (secondary N) is 1. The Morgan fingerprint density at radius 2 is 2.03 bits per heavy atom. The van der Waals surface area contributed by atoms with E-state index in [1.165, 1.54) is 12.1 Å². The fourth-order valence-electron chi connectivity index (χ4n) is 4.31. The van der Waals surface area contributed by atoms with Gasteiger partial charge in [0, 0.05) is 17.4 Å². The van der Waals surface area contributed by atoms with Crippen LogP contribution < -0.4 is 5.32 Å². The van der Waals surface area contributed by atoms with Crippen molar-refractivity contribution in [2.75, 3.05) is 11.9 Å². The molecule has 31 heavy (non-hydrogen) atoms. The van der Waals surface area contributed by atoms with Gasteiger partial charge in [0.1, 0.15) is 5.82 Å². The molecule has 1 fully saturated rings. The Hall–Kier alpha value is -3.24. The molecule has 0 bridgehead atoms. The van der Waals surface area contributed by atoms with E-state index in [9.17, 15) is 19.6 Å². The van der Waals surface area contributed by atoms with E-state index in [0.717, 1.165) is 24.8 Å². The second-order valence-electron chi connectivity index (χ2n) is 8.89. The number of nitrogens with zero attached hydrogens (tertiary/aromatic N) is 3. The Morgan fingerprint density at radius 1 is 1.32 bits per heavy atom. The van der Waals surface area contributed by atoms with Crippen LogP contribution >= 0.6 is 0 Å². The van der Waals surface area contributed by atoms with Crippen molar-refractivity contribution in [1.82, 2.24) is 9.55 Å². The van der Waals surface area contributed by atoms with Crippen LogP contribution in [0.3, 0.4) is 0 Å². The van der Waals surface area contributed by atoms with Gasteiger partial charge in [-0.1, -0.05) is 19.1 Å². The van der Waals surface area contributed by atoms with Crippen LogP contribution in [0.25, 0.3) is 11.0 Å². The molecule has 1 aliphatic carbocycles. The molecule has 0 radical (unpaired) electrons. The van der Waals surface area contributed by atoms with Crippen molar-refractivity contribution in [3.8, 4) is 6.07 Å². The zero-order valence-corrected chi connectivity index (χ0v) is 17.7. The highest BCUT2D eigenvalue weighted by molar-refractivity contribution is 5.92. The highest BCUT2D eigenvalue weighted by atomic mass is 19.1.